The van der Waals surface area contributed by atoms with Gasteiger partial charge in [0, 0.05) is 77.8 Å². The summed E-state index contributed by atoms with van der Waals surface area (Å²) in [4.78, 5) is 116. The Labute approximate surface area is 908 Å². The van der Waals surface area contributed by atoms with Crippen molar-refractivity contribution >= 4 is 199 Å². The van der Waals surface area contributed by atoms with Crippen LogP contribution in [-0.2, 0) is 56.1 Å². The quantitative estimate of drug-likeness (QED) is 0.00631. The molecule has 147 heavy (non-hydrogen) atoms. The summed E-state index contributed by atoms with van der Waals surface area (Å²) < 4.78 is 14.4. The van der Waals surface area contributed by atoms with Crippen molar-refractivity contribution in [1.82, 2.24) is 65.5 Å². The number of aromatic nitrogens is 11. The molecule has 12 aromatic rings. The molecule has 6 aliphatic carbocycles. The number of halogens is 3. The molecule has 18 rings (SSSR count). The van der Waals surface area contributed by atoms with Crippen LogP contribution in [0.5, 0.6) is 0 Å². The second kappa shape index (κ2) is 59.9. The highest BCUT2D eigenvalue weighted by atomic mass is 127. The number of para-hydroxylation sites is 3. The highest BCUT2D eigenvalue weighted by Gasteiger charge is 2.52. The smallest absolute Gasteiger partial charge is 0.373 e. The molecule has 7 heterocycles. The van der Waals surface area contributed by atoms with Crippen LogP contribution in [0.15, 0.2) is 154 Å². The summed E-state index contributed by atoms with van der Waals surface area (Å²) in [6.07, 6.45) is 18.5. The van der Waals surface area contributed by atoms with E-state index in [0.717, 1.165) is 200 Å². The van der Waals surface area contributed by atoms with Crippen LogP contribution in [0.1, 0.15) is 151 Å². The number of ketones is 1. The Morgan fingerprint density at radius 2 is 0.707 bits per heavy atom. The first-order valence-electron chi connectivity index (χ1n) is 47.5. The third kappa shape index (κ3) is 33.4. The van der Waals surface area contributed by atoms with E-state index in [1.165, 1.54) is 58.2 Å². The molecule has 6 aliphatic rings. The number of nitrogens with zero attached hydrogens (tertiary/aromatic N) is 11. The van der Waals surface area contributed by atoms with Gasteiger partial charge in [-0.1, -0.05) is 181 Å². The molecule has 6 saturated carbocycles. The molecule has 7 aromatic heterocycles. The first kappa shape index (κ1) is 123. The maximum Gasteiger partial charge on any atom is 0.373 e. The fourth-order valence-electron chi connectivity index (χ4n) is 17.5. The van der Waals surface area contributed by atoms with Gasteiger partial charge in [-0.05, 0) is 214 Å². The normalized spacial score (nSPS) is 17.0. The Kier molecular flexibility index (Phi) is 50.3. The SMILES string of the molecule is CCOC(=O)C1(CC)CC(=O)C1.CCOC(=O)C1(CC)CC(NCc2ccccc2)C1.CSc1nc(C)c(-c2nc3ccccc3s2)c(Cl)n1.CSc1nc(C)c(-c2nc3ccccc3s2)c(NC2CC(CO)(CO)C2)n1.CSc1nc(C)c(-c2nc3ccccc3s2)c(NC2CC(CO)(CO)C2)n1.CSc1nc(C)c(I)c(Cl)n1.NC1CC(CO)(CO)C1.O.O=C=O.O=C=O.OCC1(CO)CC(NCc2ccccc2)C1. The third-order valence-electron chi connectivity index (χ3n) is 26.2. The monoisotopic (exact) mass is 2300 g/mol. The molecule has 0 saturated heterocycles. The number of nitrogens with one attached hydrogen (secondary N) is 4. The number of hydrogen-bond acceptors (Lipinski definition) is 40. The minimum atomic E-state index is -0.465. The fourth-order valence-corrected chi connectivity index (χ4v) is 23.3. The van der Waals surface area contributed by atoms with Crippen molar-refractivity contribution < 1.29 is 89.4 Å². The molecule has 0 spiro atoms. The number of benzene rings is 5. The first-order valence-corrected chi connectivity index (χ1v) is 56.6. The van der Waals surface area contributed by atoms with Crippen molar-refractivity contribution in [2.75, 3.05) is 102 Å². The molecule has 0 unspecified atom stereocenters. The molecule has 0 bridgehead atoms. The Balaban J connectivity index is 0.000000208. The summed E-state index contributed by atoms with van der Waals surface area (Å²) in [6, 6.07) is 46.2. The number of anilines is 2. The van der Waals surface area contributed by atoms with Crippen LogP contribution in [0, 0.1) is 63.8 Å². The number of thiazole rings is 3. The number of aliphatic hydroxyl groups is 8. The number of carbonyl (C=O) groups is 3. The number of nitrogens with two attached hydrogens (primary N) is 1. The molecular weight excluding hydrogens is 2170 g/mol. The summed E-state index contributed by atoms with van der Waals surface area (Å²) >= 11 is 25.1. The van der Waals surface area contributed by atoms with Crippen LogP contribution in [0.4, 0.5) is 11.6 Å². The van der Waals surface area contributed by atoms with E-state index in [0.29, 0.717) is 60.0 Å². The third-order valence-corrected chi connectivity index (χ3v) is 33.7. The lowest BCUT2D eigenvalue weighted by Crippen LogP contribution is -2.53. The minimum Gasteiger partial charge on any atom is -0.466 e. The Hall–Kier alpha value is -8.71. The first-order chi connectivity index (χ1) is 70.1. The van der Waals surface area contributed by atoms with Crippen LogP contribution in [0.25, 0.3) is 62.4 Å². The number of carbonyl (C=O) groups excluding carboxylic acids is 7. The number of ether oxygens (including phenoxy) is 2. The fraction of sp³-hybridized carbons (Fsp3) is 0.476. The van der Waals surface area contributed by atoms with Gasteiger partial charge in [0.05, 0.1) is 151 Å². The number of aryl methyl sites for hydroxylation is 4. The number of thioether (sulfide) groups is 4. The van der Waals surface area contributed by atoms with Gasteiger partial charge in [-0.3, -0.25) is 14.4 Å². The van der Waals surface area contributed by atoms with E-state index in [9.17, 15) is 34.8 Å². The maximum absolute atomic E-state index is 11.9. The summed E-state index contributed by atoms with van der Waals surface area (Å²) in [5.41, 5.74) is 15.3. The summed E-state index contributed by atoms with van der Waals surface area (Å²) in [7, 11) is 0. The molecule has 16 N–H and O–H groups in total. The number of esters is 2. The maximum atomic E-state index is 11.9. The van der Waals surface area contributed by atoms with Gasteiger partial charge in [0.1, 0.15) is 42.7 Å². The number of fused-ring (bicyclic) bond motifs is 3. The average Bonchev–Trinajstić information content (AvgIpc) is 1.76. The number of Topliss-reactive ketones (excluding diaryl/α,β-unsaturated/α-hetero) is 1. The van der Waals surface area contributed by atoms with Crippen molar-refractivity contribution in [1.29, 1.82) is 0 Å². The number of hydrogen-bond donors (Lipinski definition) is 13. The molecule has 0 amide bonds. The molecule has 794 valence electrons. The molecule has 6 fully saturated rings. The van der Waals surface area contributed by atoms with Crippen LogP contribution < -0.4 is 27.0 Å². The lowest BCUT2D eigenvalue weighted by Gasteiger charge is -2.46. The van der Waals surface area contributed by atoms with Gasteiger partial charge >= 0.3 is 24.2 Å². The Morgan fingerprint density at radius 1 is 0.415 bits per heavy atom. The van der Waals surface area contributed by atoms with Crippen LogP contribution in [0.3, 0.4) is 0 Å². The van der Waals surface area contributed by atoms with Crippen molar-refractivity contribution in [3.8, 4) is 31.7 Å². The molecule has 5 aromatic carbocycles. The summed E-state index contributed by atoms with van der Waals surface area (Å²) in [5, 5.41) is 94.4. The van der Waals surface area contributed by atoms with E-state index in [-0.39, 0.29) is 134 Å². The van der Waals surface area contributed by atoms with Crippen LogP contribution in [0.2, 0.25) is 10.3 Å². The van der Waals surface area contributed by atoms with E-state index in [2.05, 4.69) is 128 Å². The molecular formula is C103H131Cl2IN16O18S7. The minimum absolute atomic E-state index is 0. The van der Waals surface area contributed by atoms with E-state index < -0.39 is 5.41 Å². The zero-order chi connectivity index (χ0) is 107. The van der Waals surface area contributed by atoms with Crippen molar-refractivity contribution in [3.63, 3.8) is 0 Å². The topological polar surface area (TPSA) is 547 Å². The standard InChI is InChI=1S/2C19H22N4O2S2.C16H23NO2.C13H10ClN3S2.C13H19NO2.C9H14O3.C6H6ClIN2S.C6H13NO2.2CO2.H2O/c2*1-11-15(17-22-13-5-3-4-6-14(13)27-17)16(23-18(20-11)26-2)21-12-7-19(8-12,9-24)10-25;1-3-16(15(18)19-4-2)10-14(11-16)17-12-13-8-6-5-7-9-13;1-7-10(11(14)17-13(15-7)18-2)12-16-8-5-3-4-6-9(8)19-12;15-9-13(10-16)6-12(7-13)14-8-11-4-2-1-3-5-11;1-3-9(5-7(10)6-9)8(11)12-4-2;1-3-4(8)5(7)10-6(9-3)11-2;7-5-1-6(2-5,3-8)4-9;2*2-1-3;/h2*3-6,12,24-25H,7-10H2,1-2H3,(H,20,21,23);5-9,14,17H,3-4,10-12H2,1-2H3;3-6H,1-2H3;1-5,12,14-16H,6-10H2;3-6H2,1-2H3;1-2H3;5,8-9H,1-4,7H2;;;1H2. The second-order valence-electron chi connectivity index (χ2n) is 36.5. The van der Waals surface area contributed by atoms with E-state index in [1.54, 1.807) is 40.9 Å². The highest BCUT2D eigenvalue weighted by molar-refractivity contribution is 14.1. The van der Waals surface area contributed by atoms with Gasteiger partial charge < -0.3 is 82.8 Å². The predicted molar refractivity (Wildman–Crippen MR) is 589 cm³/mol. The molecule has 0 aliphatic heterocycles. The zero-order valence-electron chi connectivity index (χ0n) is 84.2. The highest BCUT2D eigenvalue weighted by Crippen LogP contribution is 2.50. The number of aliphatic hydroxyl groups excluding tert-OH is 8. The van der Waals surface area contributed by atoms with Crippen molar-refractivity contribution in [2.24, 2.45) is 38.2 Å². The van der Waals surface area contributed by atoms with Gasteiger partial charge in [-0.25, -0.2) is 54.8 Å². The van der Waals surface area contributed by atoms with Gasteiger partial charge in [0.25, 0.3) is 0 Å². The number of rotatable bonds is 31. The Morgan fingerprint density at radius 3 is 1.01 bits per heavy atom. The molecule has 44 heteroatoms. The zero-order valence-corrected chi connectivity index (χ0v) is 93.6. The average molecular weight is 2300 g/mol. The molecule has 34 nitrogen and oxygen atoms in total. The van der Waals surface area contributed by atoms with Crippen molar-refractivity contribution in [3.05, 3.63) is 181 Å². The molecule has 0 radical (unpaired) electrons. The second-order valence-corrected chi connectivity index (χ2v) is 44.5. The lowest BCUT2D eigenvalue weighted by molar-refractivity contribution is -0.193. The molecule has 0 atom stereocenters. The van der Waals surface area contributed by atoms with Gasteiger partial charge in [0.2, 0.25) is 0 Å². The van der Waals surface area contributed by atoms with E-state index in [1.807, 2.05) is 158 Å². The van der Waals surface area contributed by atoms with Gasteiger partial charge in [-0.2, -0.15) is 19.2 Å². The lowest BCUT2D eigenvalue weighted by atomic mass is 9.63. The Bertz CT molecular complexity index is 5940. The predicted octanol–water partition coefficient (Wildman–Crippen LogP) is 16.1. The van der Waals surface area contributed by atoms with Gasteiger partial charge in [0.15, 0.2) is 20.6 Å². The van der Waals surface area contributed by atoms with Gasteiger partial charge in [-0.15, -0.1) is 34.0 Å². The summed E-state index contributed by atoms with van der Waals surface area (Å²) in [6.45, 7) is 18.4. The largest absolute Gasteiger partial charge is 0.466 e. The van der Waals surface area contributed by atoms with E-state index >= 15 is 0 Å². The van der Waals surface area contributed by atoms with Crippen LogP contribution in [-0.4, -0.2) is 252 Å². The van der Waals surface area contributed by atoms with E-state index in [4.69, 9.17) is 97.9 Å². The summed E-state index contributed by atoms with van der Waals surface area (Å²) in [5.74, 6) is 1.51. The van der Waals surface area contributed by atoms with Crippen LogP contribution >= 0.6 is 127 Å². The van der Waals surface area contributed by atoms with Crippen molar-refractivity contribution in [2.45, 2.75) is 209 Å².